The molecule has 2 aliphatic heterocycles. The maximum absolute atomic E-state index is 11.3. The summed E-state index contributed by atoms with van der Waals surface area (Å²) in [5.41, 5.74) is 0.0864. The first-order valence-corrected chi connectivity index (χ1v) is 6.85. The van der Waals surface area contributed by atoms with Crippen LogP contribution in [-0.2, 0) is 9.47 Å². The zero-order valence-corrected chi connectivity index (χ0v) is 11.2. The van der Waals surface area contributed by atoms with Crippen molar-refractivity contribution in [3.63, 3.8) is 0 Å². The van der Waals surface area contributed by atoms with E-state index < -0.39 is 0 Å². The Morgan fingerprint density at radius 2 is 1.62 bits per heavy atom. The van der Waals surface area contributed by atoms with Crippen LogP contribution in [0, 0.1) is 0 Å². The Morgan fingerprint density at radius 1 is 1.00 bits per heavy atom. The Labute approximate surface area is 120 Å². The smallest absolute Gasteiger partial charge is 0.336 e. The quantitative estimate of drug-likeness (QED) is 0.590. The topological polar surface area (TPSA) is 73.7 Å². The van der Waals surface area contributed by atoms with Crippen LogP contribution in [0.3, 0.4) is 0 Å². The molecule has 1 unspecified atom stereocenters. The highest BCUT2D eigenvalue weighted by molar-refractivity contribution is 5.80. The standard InChI is InChI=1S/C15H14O6/c16-15-2-1-9-3-13(19-7-10-5-17-10)14(4-12(9)21-15)20-8-11-6-18-11/h1-4,10-11H,5-8H2/t10-,11?/m0/s1. The lowest BCUT2D eigenvalue weighted by Crippen LogP contribution is -2.09. The summed E-state index contributed by atoms with van der Waals surface area (Å²) >= 11 is 0. The fourth-order valence-corrected chi connectivity index (χ4v) is 2.00. The van der Waals surface area contributed by atoms with Crippen molar-refractivity contribution in [2.45, 2.75) is 12.2 Å². The van der Waals surface area contributed by atoms with E-state index in [0.717, 1.165) is 18.6 Å². The van der Waals surface area contributed by atoms with E-state index in [4.69, 9.17) is 23.4 Å². The van der Waals surface area contributed by atoms with Gasteiger partial charge in [0, 0.05) is 17.5 Å². The molecule has 6 heteroatoms. The summed E-state index contributed by atoms with van der Waals surface area (Å²) < 4.78 is 26.9. The lowest BCUT2D eigenvalue weighted by Gasteiger charge is -2.12. The maximum Gasteiger partial charge on any atom is 0.336 e. The molecule has 0 bridgehead atoms. The fourth-order valence-electron chi connectivity index (χ4n) is 2.00. The van der Waals surface area contributed by atoms with Crippen LogP contribution in [-0.4, -0.2) is 38.6 Å². The Morgan fingerprint density at radius 3 is 2.24 bits per heavy atom. The number of fused-ring (bicyclic) bond motifs is 1. The highest BCUT2D eigenvalue weighted by atomic mass is 16.6. The van der Waals surface area contributed by atoms with Crippen molar-refractivity contribution >= 4 is 11.0 Å². The minimum Gasteiger partial charge on any atom is -0.487 e. The molecular formula is C15H14O6. The minimum absolute atomic E-state index is 0.142. The highest BCUT2D eigenvalue weighted by Gasteiger charge is 2.26. The summed E-state index contributed by atoms with van der Waals surface area (Å²) in [6, 6.07) is 6.58. The summed E-state index contributed by atoms with van der Waals surface area (Å²) in [6.45, 7) is 2.39. The Kier molecular flexibility index (Phi) is 3.05. The number of hydrogen-bond acceptors (Lipinski definition) is 6. The predicted molar refractivity (Wildman–Crippen MR) is 73.0 cm³/mol. The van der Waals surface area contributed by atoms with E-state index in [-0.39, 0.29) is 17.8 Å². The van der Waals surface area contributed by atoms with E-state index in [1.807, 2.05) is 6.07 Å². The Bertz CT molecular complexity index is 714. The number of epoxide rings is 2. The second-order valence-corrected chi connectivity index (χ2v) is 5.12. The van der Waals surface area contributed by atoms with Crippen LogP contribution < -0.4 is 15.1 Å². The molecule has 1 aromatic carbocycles. The molecular weight excluding hydrogens is 276 g/mol. The molecule has 21 heavy (non-hydrogen) atoms. The van der Waals surface area contributed by atoms with Crippen molar-refractivity contribution in [1.29, 1.82) is 0 Å². The molecule has 1 aromatic heterocycles. The molecule has 3 heterocycles. The van der Waals surface area contributed by atoms with Gasteiger partial charge in [-0.25, -0.2) is 4.79 Å². The molecule has 2 atom stereocenters. The van der Waals surface area contributed by atoms with E-state index in [9.17, 15) is 4.79 Å². The van der Waals surface area contributed by atoms with E-state index in [1.54, 1.807) is 12.1 Å². The first-order valence-electron chi connectivity index (χ1n) is 6.85. The fraction of sp³-hybridized carbons (Fsp3) is 0.400. The van der Waals surface area contributed by atoms with Gasteiger partial charge in [0.15, 0.2) is 11.5 Å². The van der Waals surface area contributed by atoms with Gasteiger partial charge in [0.05, 0.1) is 13.2 Å². The SMILES string of the molecule is O=c1ccc2cc(OC[C@@H]3CO3)c(OCC3CO3)cc2o1. The van der Waals surface area contributed by atoms with Gasteiger partial charge in [0.2, 0.25) is 0 Å². The summed E-state index contributed by atoms with van der Waals surface area (Å²) in [4.78, 5) is 11.3. The first kappa shape index (κ1) is 12.7. The van der Waals surface area contributed by atoms with Crippen molar-refractivity contribution in [2.24, 2.45) is 0 Å². The Balaban J connectivity index is 1.65. The van der Waals surface area contributed by atoms with Crippen LogP contribution in [0.2, 0.25) is 0 Å². The summed E-state index contributed by atoms with van der Waals surface area (Å²) in [6.07, 6.45) is 0.303. The van der Waals surface area contributed by atoms with Crippen LogP contribution in [0.15, 0.2) is 33.5 Å². The molecule has 2 saturated heterocycles. The van der Waals surface area contributed by atoms with Gasteiger partial charge in [-0.05, 0) is 12.1 Å². The van der Waals surface area contributed by atoms with Gasteiger partial charge in [0.25, 0.3) is 0 Å². The van der Waals surface area contributed by atoms with Gasteiger partial charge in [-0.3, -0.25) is 0 Å². The second-order valence-electron chi connectivity index (χ2n) is 5.12. The third kappa shape index (κ3) is 3.01. The number of hydrogen-bond donors (Lipinski definition) is 0. The van der Waals surface area contributed by atoms with Gasteiger partial charge in [-0.2, -0.15) is 0 Å². The molecule has 0 N–H and O–H groups in total. The van der Waals surface area contributed by atoms with Crippen LogP contribution in [0.25, 0.3) is 11.0 Å². The van der Waals surface area contributed by atoms with Gasteiger partial charge in [-0.15, -0.1) is 0 Å². The van der Waals surface area contributed by atoms with E-state index >= 15 is 0 Å². The van der Waals surface area contributed by atoms with Gasteiger partial charge in [0.1, 0.15) is 31.0 Å². The third-order valence-electron chi connectivity index (χ3n) is 3.34. The molecule has 0 saturated carbocycles. The van der Waals surface area contributed by atoms with Crippen molar-refractivity contribution < 1.29 is 23.4 Å². The van der Waals surface area contributed by atoms with Crippen LogP contribution >= 0.6 is 0 Å². The van der Waals surface area contributed by atoms with Crippen molar-refractivity contribution in [2.75, 3.05) is 26.4 Å². The highest BCUT2D eigenvalue weighted by Crippen LogP contribution is 2.33. The normalized spacial score (nSPS) is 23.0. The molecule has 110 valence electrons. The number of ether oxygens (including phenoxy) is 4. The molecule has 0 amide bonds. The van der Waals surface area contributed by atoms with Crippen molar-refractivity contribution in [3.05, 3.63) is 34.7 Å². The largest absolute Gasteiger partial charge is 0.487 e. The van der Waals surface area contributed by atoms with Crippen molar-refractivity contribution in [3.8, 4) is 11.5 Å². The summed E-state index contributed by atoms with van der Waals surface area (Å²) in [7, 11) is 0. The molecule has 2 fully saturated rings. The average molecular weight is 290 g/mol. The zero-order chi connectivity index (χ0) is 14.2. The lowest BCUT2D eigenvalue weighted by atomic mass is 10.2. The predicted octanol–water partition coefficient (Wildman–Crippen LogP) is 1.35. The van der Waals surface area contributed by atoms with E-state index in [2.05, 4.69) is 0 Å². The summed E-state index contributed by atoms with van der Waals surface area (Å²) in [5.74, 6) is 1.17. The van der Waals surface area contributed by atoms with Crippen molar-refractivity contribution in [1.82, 2.24) is 0 Å². The second kappa shape index (κ2) is 5.05. The molecule has 0 radical (unpaired) electrons. The summed E-state index contributed by atoms with van der Waals surface area (Å²) in [5, 5.41) is 0.788. The molecule has 6 nitrogen and oxygen atoms in total. The monoisotopic (exact) mass is 290 g/mol. The zero-order valence-electron chi connectivity index (χ0n) is 11.2. The molecule has 0 spiro atoms. The molecule has 0 aliphatic carbocycles. The van der Waals surface area contributed by atoms with Gasteiger partial charge < -0.3 is 23.4 Å². The van der Waals surface area contributed by atoms with Gasteiger partial charge in [-0.1, -0.05) is 0 Å². The van der Waals surface area contributed by atoms with Crippen LogP contribution in [0.4, 0.5) is 0 Å². The van der Waals surface area contributed by atoms with E-state index in [1.165, 1.54) is 6.07 Å². The molecule has 2 aromatic rings. The van der Waals surface area contributed by atoms with Crippen LogP contribution in [0.5, 0.6) is 11.5 Å². The lowest BCUT2D eigenvalue weighted by molar-refractivity contribution is 0.228. The van der Waals surface area contributed by atoms with Gasteiger partial charge >= 0.3 is 5.63 Å². The number of benzene rings is 1. The van der Waals surface area contributed by atoms with E-state index in [0.29, 0.717) is 30.3 Å². The minimum atomic E-state index is -0.390. The maximum atomic E-state index is 11.3. The Hall–Kier alpha value is -2.05. The number of rotatable bonds is 6. The average Bonchev–Trinajstić information content (AvgIpc) is 3.37. The first-order chi connectivity index (χ1) is 10.3. The molecule has 4 rings (SSSR count). The third-order valence-corrected chi connectivity index (χ3v) is 3.34. The molecule has 2 aliphatic rings. The van der Waals surface area contributed by atoms with Crippen LogP contribution in [0.1, 0.15) is 0 Å².